The summed E-state index contributed by atoms with van der Waals surface area (Å²) < 4.78 is 19.6. The Morgan fingerprint density at radius 1 is 1.25 bits per heavy atom. The predicted molar refractivity (Wildman–Crippen MR) is 101 cm³/mol. The molecule has 4 atom stereocenters. The van der Waals surface area contributed by atoms with Crippen LogP contribution < -0.4 is 5.32 Å². The van der Waals surface area contributed by atoms with Crippen LogP contribution in [0.3, 0.4) is 0 Å². The number of aliphatic hydroxyl groups excluding tert-OH is 1. The van der Waals surface area contributed by atoms with E-state index in [1.165, 1.54) is 12.8 Å². The van der Waals surface area contributed by atoms with Crippen molar-refractivity contribution in [3.8, 4) is 0 Å². The predicted octanol–water partition coefficient (Wildman–Crippen LogP) is 2.24. The van der Waals surface area contributed by atoms with Gasteiger partial charge in [-0.3, -0.25) is 0 Å². The molecule has 152 valence electrons. The van der Waals surface area contributed by atoms with Crippen LogP contribution in [0.15, 0.2) is 6.20 Å². The van der Waals surface area contributed by atoms with Crippen molar-refractivity contribution < 1.29 is 19.3 Å². The van der Waals surface area contributed by atoms with Crippen molar-refractivity contribution in [1.82, 2.24) is 19.7 Å². The molecule has 2 aromatic heterocycles. The normalized spacial score (nSPS) is 32.3. The van der Waals surface area contributed by atoms with Crippen molar-refractivity contribution in [2.75, 3.05) is 11.9 Å². The Morgan fingerprint density at radius 2 is 2.00 bits per heavy atom. The van der Waals surface area contributed by atoms with E-state index in [4.69, 9.17) is 25.8 Å². The van der Waals surface area contributed by atoms with E-state index in [2.05, 4.69) is 20.4 Å². The molecule has 0 bridgehead atoms. The summed E-state index contributed by atoms with van der Waals surface area (Å²) >= 11 is 6.22. The summed E-state index contributed by atoms with van der Waals surface area (Å²) in [6.07, 6.45) is 4.52. The van der Waals surface area contributed by atoms with Gasteiger partial charge in [0, 0.05) is 6.04 Å². The maximum atomic E-state index is 9.71. The molecule has 2 saturated heterocycles. The Labute approximate surface area is 167 Å². The fraction of sp³-hybridized carbons (Fsp3) is 0.722. The van der Waals surface area contributed by atoms with Crippen LogP contribution in [0, 0.1) is 0 Å². The number of rotatable bonds is 4. The Hall–Kier alpha value is -1.52. The maximum Gasteiger partial charge on any atom is 0.226 e. The molecule has 2 aromatic rings. The zero-order valence-corrected chi connectivity index (χ0v) is 16.6. The molecular formula is C18H24ClN5O4. The summed E-state index contributed by atoms with van der Waals surface area (Å²) in [5.74, 6) is -0.0689. The van der Waals surface area contributed by atoms with E-state index < -0.39 is 24.2 Å². The summed E-state index contributed by atoms with van der Waals surface area (Å²) in [4.78, 5) is 8.77. The summed E-state index contributed by atoms with van der Waals surface area (Å²) in [7, 11) is 0. The number of hydrogen-bond acceptors (Lipinski definition) is 8. The van der Waals surface area contributed by atoms with Crippen molar-refractivity contribution in [2.24, 2.45) is 0 Å². The first-order chi connectivity index (χ1) is 13.4. The first-order valence-corrected chi connectivity index (χ1v) is 10.1. The van der Waals surface area contributed by atoms with Crippen molar-refractivity contribution in [1.29, 1.82) is 0 Å². The quantitative estimate of drug-likeness (QED) is 0.741. The van der Waals surface area contributed by atoms with Gasteiger partial charge >= 0.3 is 0 Å². The van der Waals surface area contributed by atoms with E-state index in [-0.39, 0.29) is 18.0 Å². The second kappa shape index (κ2) is 6.77. The highest BCUT2D eigenvalue weighted by Crippen LogP contribution is 2.43. The van der Waals surface area contributed by atoms with Gasteiger partial charge in [0.25, 0.3) is 0 Å². The molecule has 1 unspecified atom stereocenters. The van der Waals surface area contributed by atoms with Crippen molar-refractivity contribution in [3.05, 3.63) is 11.5 Å². The van der Waals surface area contributed by atoms with Crippen LogP contribution in [0.2, 0.25) is 5.28 Å². The Kier molecular flexibility index (Phi) is 4.48. The third-order valence-corrected chi connectivity index (χ3v) is 5.84. The van der Waals surface area contributed by atoms with Crippen LogP contribution in [0.25, 0.3) is 11.0 Å². The third kappa shape index (κ3) is 3.05. The summed E-state index contributed by atoms with van der Waals surface area (Å²) in [6.45, 7) is 3.53. The Morgan fingerprint density at radius 3 is 2.75 bits per heavy atom. The highest BCUT2D eigenvalue weighted by molar-refractivity contribution is 6.28. The van der Waals surface area contributed by atoms with Gasteiger partial charge in [-0.05, 0) is 38.3 Å². The van der Waals surface area contributed by atoms with Gasteiger partial charge in [0.2, 0.25) is 5.28 Å². The molecule has 4 heterocycles. The van der Waals surface area contributed by atoms with E-state index in [0.717, 1.165) is 18.2 Å². The van der Waals surface area contributed by atoms with Crippen LogP contribution in [0.4, 0.5) is 5.82 Å². The van der Waals surface area contributed by atoms with Crippen molar-refractivity contribution >= 4 is 28.5 Å². The molecule has 9 nitrogen and oxygen atoms in total. The molecule has 28 heavy (non-hydrogen) atoms. The molecule has 0 aromatic carbocycles. The van der Waals surface area contributed by atoms with Crippen LogP contribution >= 0.6 is 11.6 Å². The zero-order chi connectivity index (χ0) is 19.5. The van der Waals surface area contributed by atoms with Gasteiger partial charge < -0.3 is 24.6 Å². The van der Waals surface area contributed by atoms with Gasteiger partial charge in [-0.15, -0.1) is 0 Å². The lowest BCUT2D eigenvalue weighted by molar-refractivity contribution is -0.201. The lowest BCUT2D eigenvalue weighted by atomic mass is 10.1. The molecule has 0 spiro atoms. The molecule has 0 radical (unpaired) electrons. The molecular weight excluding hydrogens is 386 g/mol. The first kappa shape index (κ1) is 18.5. The SMILES string of the molecule is CC1(C)O[C@@H]2[C@@H](CO)OC(n3ncc4c(NC5CCCC5)nc(Cl)nc43)[C@@H]2O1. The van der Waals surface area contributed by atoms with Gasteiger partial charge in [-0.1, -0.05) is 12.8 Å². The summed E-state index contributed by atoms with van der Waals surface area (Å²) in [5, 5.41) is 18.6. The standard InChI is InChI=1S/C18H24ClN5O4/c1-18(2)27-12-11(8-25)26-16(13(12)28-18)24-15-10(7-20-24)14(22-17(19)23-15)21-9-5-3-4-6-9/h7,9,11-13,16,25H,3-6,8H2,1-2H3,(H,21,22,23)/t11-,12-,13-,16?/m1/s1. The Bertz CT molecular complexity index is 884. The van der Waals surface area contributed by atoms with E-state index in [9.17, 15) is 5.11 Å². The fourth-order valence-electron chi connectivity index (χ4n) is 4.46. The highest BCUT2D eigenvalue weighted by Gasteiger charge is 2.56. The molecule has 5 rings (SSSR count). The van der Waals surface area contributed by atoms with Crippen LogP contribution in [-0.4, -0.2) is 61.6 Å². The zero-order valence-electron chi connectivity index (χ0n) is 15.8. The average molecular weight is 410 g/mol. The maximum absolute atomic E-state index is 9.71. The van der Waals surface area contributed by atoms with E-state index in [1.807, 2.05) is 13.8 Å². The third-order valence-electron chi connectivity index (χ3n) is 5.67. The lowest BCUT2D eigenvalue weighted by Gasteiger charge is -2.23. The van der Waals surface area contributed by atoms with Gasteiger partial charge in [-0.2, -0.15) is 15.1 Å². The summed E-state index contributed by atoms with van der Waals surface area (Å²) in [6, 6.07) is 0.385. The van der Waals surface area contributed by atoms with Gasteiger partial charge in [0.1, 0.15) is 24.1 Å². The molecule has 0 amide bonds. The van der Waals surface area contributed by atoms with E-state index in [0.29, 0.717) is 17.5 Å². The monoisotopic (exact) mass is 409 g/mol. The van der Waals surface area contributed by atoms with Gasteiger partial charge in [0.15, 0.2) is 17.7 Å². The molecule has 2 N–H and O–H groups in total. The molecule has 1 aliphatic carbocycles. The van der Waals surface area contributed by atoms with Crippen LogP contribution in [0.5, 0.6) is 0 Å². The minimum atomic E-state index is -0.754. The van der Waals surface area contributed by atoms with E-state index >= 15 is 0 Å². The summed E-state index contributed by atoms with van der Waals surface area (Å²) in [5.41, 5.74) is 0.566. The number of ether oxygens (including phenoxy) is 3. The molecule has 2 aliphatic heterocycles. The van der Waals surface area contributed by atoms with Crippen LogP contribution in [-0.2, 0) is 14.2 Å². The molecule has 3 aliphatic rings. The number of nitrogens with zero attached hydrogens (tertiary/aromatic N) is 4. The van der Waals surface area contributed by atoms with Crippen LogP contribution in [0.1, 0.15) is 45.8 Å². The number of aromatic nitrogens is 4. The minimum Gasteiger partial charge on any atom is -0.394 e. The molecule has 10 heteroatoms. The average Bonchev–Trinajstić information content (AvgIpc) is 3.38. The number of aliphatic hydroxyl groups is 1. The van der Waals surface area contributed by atoms with Gasteiger partial charge in [0.05, 0.1) is 18.2 Å². The fourth-order valence-corrected chi connectivity index (χ4v) is 4.63. The first-order valence-electron chi connectivity index (χ1n) is 9.74. The molecule has 1 saturated carbocycles. The number of hydrogen-bond donors (Lipinski definition) is 2. The second-order valence-electron chi connectivity index (χ2n) is 8.11. The topological polar surface area (TPSA) is 104 Å². The van der Waals surface area contributed by atoms with Gasteiger partial charge in [-0.25, -0.2) is 4.68 Å². The van der Waals surface area contributed by atoms with E-state index in [1.54, 1.807) is 10.9 Å². The lowest BCUT2D eigenvalue weighted by Crippen LogP contribution is -2.31. The minimum absolute atomic E-state index is 0.145. The highest BCUT2D eigenvalue weighted by atomic mass is 35.5. The largest absolute Gasteiger partial charge is 0.394 e. The number of nitrogens with one attached hydrogen (secondary N) is 1. The second-order valence-corrected chi connectivity index (χ2v) is 8.44. The number of fused-ring (bicyclic) bond motifs is 2. The smallest absolute Gasteiger partial charge is 0.226 e. The molecule has 3 fully saturated rings. The van der Waals surface area contributed by atoms with Crippen molar-refractivity contribution in [3.63, 3.8) is 0 Å². The number of halogens is 1. The van der Waals surface area contributed by atoms with Crippen molar-refractivity contribution in [2.45, 2.75) is 75.9 Å². The Balaban J connectivity index is 1.52. The number of anilines is 1.